The zero-order valence-electron chi connectivity index (χ0n) is 16.0. The summed E-state index contributed by atoms with van der Waals surface area (Å²) in [5.74, 6) is 0.430. The fraction of sp³-hybridized carbons (Fsp3) is 0.636. The molecule has 2 spiro atoms. The number of urea groups is 1. The van der Waals surface area contributed by atoms with Crippen LogP contribution in [0.5, 0.6) is 0 Å². The normalized spacial score (nSPS) is 35.7. The average Bonchev–Trinajstić information content (AvgIpc) is 3.36. The van der Waals surface area contributed by atoms with Crippen molar-refractivity contribution in [2.45, 2.75) is 75.3 Å². The fourth-order valence-corrected chi connectivity index (χ4v) is 6.34. The highest BCUT2D eigenvalue weighted by atomic mass is 16.5. The van der Waals surface area contributed by atoms with E-state index in [4.69, 9.17) is 4.74 Å². The van der Waals surface area contributed by atoms with Crippen molar-refractivity contribution in [1.29, 1.82) is 0 Å². The molecule has 144 valence electrons. The van der Waals surface area contributed by atoms with E-state index in [1.165, 1.54) is 36.8 Å². The number of methoxy groups -OCH3 is 1. The molecule has 1 atom stereocenters. The Bertz CT molecular complexity index is 791. The van der Waals surface area contributed by atoms with Gasteiger partial charge >= 0.3 is 6.03 Å². The Morgan fingerprint density at radius 3 is 2.44 bits per heavy atom. The molecule has 3 aliphatic carbocycles. The summed E-state index contributed by atoms with van der Waals surface area (Å²) < 4.78 is 5.57. The van der Waals surface area contributed by atoms with Crippen molar-refractivity contribution >= 4 is 11.9 Å². The monoisotopic (exact) mass is 368 g/mol. The number of benzene rings is 1. The van der Waals surface area contributed by atoms with Crippen LogP contribution in [0.4, 0.5) is 4.79 Å². The van der Waals surface area contributed by atoms with Crippen LogP contribution in [0.25, 0.3) is 0 Å². The van der Waals surface area contributed by atoms with E-state index in [0.29, 0.717) is 5.92 Å². The van der Waals surface area contributed by atoms with Gasteiger partial charge in [0.1, 0.15) is 0 Å². The maximum Gasteiger partial charge on any atom is 0.322 e. The quantitative estimate of drug-likeness (QED) is 0.785. The van der Waals surface area contributed by atoms with Gasteiger partial charge in [-0.05, 0) is 67.6 Å². The van der Waals surface area contributed by atoms with Crippen molar-refractivity contribution in [1.82, 2.24) is 10.6 Å². The second-order valence-electron chi connectivity index (χ2n) is 8.95. The number of ether oxygens (including phenoxy) is 1. The molecule has 3 fully saturated rings. The van der Waals surface area contributed by atoms with Gasteiger partial charge in [0, 0.05) is 12.5 Å². The molecule has 27 heavy (non-hydrogen) atoms. The van der Waals surface area contributed by atoms with Gasteiger partial charge in [-0.15, -0.1) is 0 Å². The summed E-state index contributed by atoms with van der Waals surface area (Å²) in [6.07, 6.45) is 9.80. The third-order valence-electron chi connectivity index (χ3n) is 7.78. The molecular formula is C22H28N2O3. The molecule has 1 saturated heterocycles. The van der Waals surface area contributed by atoms with Gasteiger partial charge < -0.3 is 10.1 Å². The van der Waals surface area contributed by atoms with Crippen molar-refractivity contribution < 1.29 is 14.3 Å². The molecule has 5 nitrogen and oxygen atoms in total. The summed E-state index contributed by atoms with van der Waals surface area (Å²) in [7, 11) is 1.76. The zero-order chi connectivity index (χ0) is 18.6. The van der Waals surface area contributed by atoms with Crippen molar-refractivity contribution in [3.05, 3.63) is 34.9 Å². The molecule has 1 aromatic rings. The number of imide groups is 1. The van der Waals surface area contributed by atoms with Gasteiger partial charge in [-0.25, -0.2) is 4.79 Å². The number of hydrogen-bond acceptors (Lipinski definition) is 3. The third-order valence-corrected chi connectivity index (χ3v) is 7.78. The standard InChI is InChI=1S/C22H28N2O3/c1-27-17-8-10-21(11-9-17)13-16-7-6-15(14-4-2-3-5-14)12-18(16)22(21)19(25)23-20(26)24-22/h6-7,12,14,17H,2-5,8-11,13H2,1H3,(H2,23,24,25,26)/t17-,21-,22?. The van der Waals surface area contributed by atoms with Gasteiger partial charge in [0.05, 0.1) is 6.10 Å². The number of nitrogens with one attached hydrogen (secondary N) is 2. The van der Waals surface area contributed by atoms with Crippen molar-refractivity contribution in [2.75, 3.05) is 7.11 Å². The SMILES string of the molecule is CO[C@H]1CC[C@]2(CC1)Cc1ccc(C3CCCC3)cc1C21NC(=O)NC1=O. The van der Waals surface area contributed by atoms with Gasteiger partial charge in [0.2, 0.25) is 0 Å². The molecular weight excluding hydrogens is 340 g/mol. The first-order valence-electron chi connectivity index (χ1n) is 10.4. The first-order chi connectivity index (χ1) is 13.1. The summed E-state index contributed by atoms with van der Waals surface area (Å²) in [6.45, 7) is 0. The third kappa shape index (κ3) is 2.33. The Kier molecular flexibility index (Phi) is 3.87. The lowest BCUT2D eigenvalue weighted by molar-refractivity contribution is -0.131. The maximum atomic E-state index is 13.2. The predicted molar refractivity (Wildman–Crippen MR) is 101 cm³/mol. The molecule has 0 radical (unpaired) electrons. The van der Waals surface area contributed by atoms with Crippen LogP contribution >= 0.6 is 0 Å². The topological polar surface area (TPSA) is 67.4 Å². The minimum atomic E-state index is -0.910. The highest BCUT2D eigenvalue weighted by Gasteiger charge is 2.66. The van der Waals surface area contributed by atoms with E-state index < -0.39 is 5.54 Å². The van der Waals surface area contributed by atoms with E-state index in [0.717, 1.165) is 37.7 Å². The van der Waals surface area contributed by atoms with Crippen LogP contribution in [0.3, 0.4) is 0 Å². The Morgan fingerprint density at radius 2 is 1.81 bits per heavy atom. The van der Waals surface area contributed by atoms with E-state index in [9.17, 15) is 9.59 Å². The zero-order valence-corrected chi connectivity index (χ0v) is 16.0. The Balaban J connectivity index is 1.60. The Labute approximate surface area is 160 Å². The first-order valence-corrected chi connectivity index (χ1v) is 10.4. The van der Waals surface area contributed by atoms with Crippen molar-refractivity contribution in [3.63, 3.8) is 0 Å². The molecule has 1 unspecified atom stereocenters. The van der Waals surface area contributed by atoms with E-state index in [2.05, 4.69) is 28.8 Å². The Morgan fingerprint density at radius 1 is 1.07 bits per heavy atom. The molecule has 0 bridgehead atoms. The summed E-state index contributed by atoms with van der Waals surface area (Å²) in [4.78, 5) is 25.4. The van der Waals surface area contributed by atoms with Crippen LogP contribution in [0.1, 0.15) is 74.0 Å². The number of fused-ring (bicyclic) bond motifs is 3. The second-order valence-corrected chi connectivity index (χ2v) is 8.95. The second kappa shape index (κ2) is 6.06. The first kappa shape index (κ1) is 17.2. The number of hydrogen-bond donors (Lipinski definition) is 2. The summed E-state index contributed by atoms with van der Waals surface area (Å²) in [6, 6.07) is 6.37. The molecule has 0 aromatic heterocycles. The molecule has 5 rings (SSSR count). The highest BCUT2D eigenvalue weighted by molar-refractivity contribution is 6.08. The molecule has 1 aliphatic heterocycles. The van der Waals surface area contributed by atoms with Gasteiger partial charge in [0.25, 0.3) is 5.91 Å². The van der Waals surface area contributed by atoms with Gasteiger partial charge in [-0.2, -0.15) is 0 Å². The molecule has 5 heteroatoms. The smallest absolute Gasteiger partial charge is 0.322 e. The summed E-state index contributed by atoms with van der Waals surface area (Å²) in [5.41, 5.74) is 2.46. The lowest BCUT2D eigenvalue weighted by atomic mass is 9.61. The van der Waals surface area contributed by atoms with Gasteiger partial charge in [-0.1, -0.05) is 31.0 Å². The van der Waals surface area contributed by atoms with Crippen LogP contribution < -0.4 is 10.6 Å². The molecule has 2 N–H and O–H groups in total. The summed E-state index contributed by atoms with van der Waals surface area (Å²) in [5, 5.41) is 5.66. The molecule has 1 heterocycles. The number of carbonyl (C=O) groups excluding carboxylic acids is 2. The largest absolute Gasteiger partial charge is 0.381 e. The van der Waals surface area contributed by atoms with Crippen molar-refractivity contribution in [2.24, 2.45) is 5.41 Å². The fourth-order valence-electron chi connectivity index (χ4n) is 6.34. The molecule has 2 saturated carbocycles. The van der Waals surface area contributed by atoms with E-state index in [1.807, 2.05) is 0 Å². The van der Waals surface area contributed by atoms with E-state index in [1.54, 1.807) is 7.11 Å². The molecule has 3 amide bonds. The van der Waals surface area contributed by atoms with Gasteiger partial charge in [0.15, 0.2) is 5.54 Å². The van der Waals surface area contributed by atoms with Crippen molar-refractivity contribution in [3.8, 4) is 0 Å². The van der Waals surface area contributed by atoms with E-state index in [-0.39, 0.29) is 23.5 Å². The van der Waals surface area contributed by atoms with E-state index >= 15 is 0 Å². The number of carbonyl (C=O) groups is 2. The minimum Gasteiger partial charge on any atom is -0.381 e. The maximum absolute atomic E-state index is 13.2. The predicted octanol–water partition coefficient (Wildman–Crippen LogP) is 3.51. The van der Waals surface area contributed by atoms with Crippen LogP contribution in [0, 0.1) is 5.41 Å². The Hall–Kier alpha value is -1.88. The molecule has 1 aromatic carbocycles. The van der Waals surface area contributed by atoms with Crippen LogP contribution in [-0.4, -0.2) is 25.2 Å². The van der Waals surface area contributed by atoms with Crippen LogP contribution in [0.2, 0.25) is 0 Å². The molecule has 4 aliphatic rings. The lowest BCUT2D eigenvalue weighted by Crippen LogP contribution is -2.56. The average molecular weight is 368 g/mol. The summed E-state index contributed by atoms with van der Waals surface area (Å²) >= 11 is 0. The number of rotatable bonds is 2. The highest BCUT2D eigenvalue weighted by Crippen LogP contribution is 2.59. The number of amides is 3. The lowest BCUT2D eigenvalue weighted by Gasteiger charge is -2.46. The van der Waals surface area contributed by atoms with Crippen LogP contribution in [0.15, 0.2) is 18.2 Å². The van der Waals surface area contributed by atoms with Crippen LogP contribution in [-0.2, 0) is 21.5 Å². The van der Waals surface area contributed by atoms with Gasteiger partial charge in [-0.3, -0.25) is 10.1 Å². The minimum absolute atomic E-state index is 0.161.